The Kier molecular flexibility index (Phi) is 2.54. The molecule has 2 fully saturated rings. The third-order valence-corrected chi connectivity index (χ3v) is 5.69. The SMILES string of the molecule is c1ccc2sc(NCC3CC4CCC3C4)nc2c1. The molecular weight excluding hydrogens is 240 g/mol. The van der Waals surface area contributed by atoms with Crippen molar-refractivity contribution in [3.05, 3.63) is 24.3 Å². The summed E-state index contributed by atoms with van der Waals surface area (Å²) in [5, 5.41) is 4.66. The molecule has 2 aliphatic rings. The number of nitrogens with one attached hydrogen (secondary N) is 1. The summed E-state index contributed by atoms with van der Waals surface area (Å²) in [7, 11) is 0. The van der Waals surface area contributed by atoms with Crippen molar-refractivity contribution >= 4 is 26.7 Å². The van der Waals surface area contributed by atoms with Gasteiger partial charge in [-0.15, -0.1) is 0 Å². The van der Waals surface area contributed by atoms with Gasteiger partial charge in [0.1, 0.15) is 0 Å². The van der Waals surface area contributed by atoms with E-state index in [1.54, 1.807) is 11.3 Å². The van der Waals surface area contributed by atoms with Crippen molar-refractivity contribution in [2.45, 2.75) is 25.7 Å². The van der Waals surface area contributed by atoms with Crippen molar-refractivity contribution in [1.82, 2.24) is 4.98 Å². The van der Waals surface area contributed by atoms with Crippen molar-refractivity contribution in [3.8, 4) is 0 Å². The third-order valence-electron chi connectivity index (χ3n) is 4.69. The van der Waals surface area contributed by atoms with Gasteiger partial charge in [-0.2, -0.15) is 0 Å². The van der Waals surface area contributed by atoms with E-state index in [2.05, 4.69) is 34.6 Å². The van der Waals surface area contributed by atoms with Crippen LogP contribution in [0.25, 0.3) is 10.2 Å². The molecule has 4 rings (SSSR count). The van der Waals surface area contributed by atoms with E-state index in [0.29, 0.717) is 0 Å². The van der Waals surface area contributed by atoms with Crippen molar-refractivity contribution in [2.75, 3.05) is 11.9 Å². The summed E-state index contributed by atoms with van der Waals surface area (Å²) >= 11 is 1.78. The lowest BCUT2D eigenvalue weighted by Crippen LogP contribution is -2.19. The van der Waals surface area contributed by atoms with Gasteiger partial charge < -0.3 is 5.32 Å². The van der Waals surface area contributed by atoms with Crippen LogP contribution < -0.4 is 5.32 Å². The lowest BCUT2D eigenvalue weighted by atomic mass is 9.89. The first-order valence-corrected chi connectivity index (χ1v) is 7.79. The van der Waals surface area contributed by atoms with Gasteiger partial charge in [0.05, 0.1) is 10.2 Å². The molecule has 2 bridgehead atoms. The number of benzene rings is 1. The second-order valence-electron chi connectivity index (χ2n) is 5.80. The Morgan fingerprint density at radius 3 is 2.94 bits per heavy atom. The highest BCUT2D eigenvalue weighted by Crippen LogP contribution is 2.48. The number of anilines is 1. The molecule has 0 radical (unpaired) electrons. The van der Waals surface area contributed by atoms with Gasteiger partial charge in [-0.1, -0.05) is 29.9 Å². The lowest BCUT2D eigenvalue weighted by molar-refractivity contribution is 0.348. The van der Waals surface area contributed by atoms with Crippen molar-refractivity contribution in [1.29, 1.82) is 0 Å². The predicted molar refractivity (Wildman–Crippen MR) is 77.0 cm³/mol. The highest BCUT2D eigenvalue weighted by atomic mass is 32.1. The van der Waals surface area contributed by atoms with E-state index in [0.717, 1.165) is 34.9 Å². The molecule has 0 aliphatic heterocycles. The molecule has 2 saturated carbocycles. The van der Waals surface area contributed by atoms with Crippen LogP contribution >= 0.6 is 11.3 Å². The Morgan fingerprint density at radius 2 is 2.17 bits per heavy atom. The van der Waals surface area contributed by atoms with Crippen LogP contribution in [-0.4, -0.2) is 11.5 Å². The fourth-order valence-electron chi connectivity index (χ4n) is 3.79. The van der Waals surface area contributed by atoms with Crippen LogP contribution in [0.1, 0.15) is 25.7 Å². The van der Waals surface area contributed by atoms with Gasteiger partial charge in [0.25, 0.3) is 0 Å². The van der Waals surface area contributed by atoms with Crippen LogP contribution in [-0.2, 0) is 0 Å². The molecule has 1 aromatic heterocycles. The molecule has 3 unspecified atom stereocenters. The summed E-state index contributed by atoms with van der Waals surface area (Å²) in [6.45, 7) is 1.13. The van der Waals surface area contributed by atoms with E-state index in [1.165, 1.54) is 30.4 Å². The molecule has 1 heterocycles. The van der Waals surface area contributed by atoms with E-state index in [-0.39, 0.29) is 0 Å². The van der Waals surface area contributed by atoms with Gasteiger partial charge in [-0.25, -0.2) is 4.98 Å². The van der Waals surface area contributed by atoms with E-state index < -0.39 is 0 Å². The lowest BCUT2D eigenvalue weighted by Gasteiger charge is -2.21. The normalized spacial score (nSPS) is 30.1. The number of aromatic nitrogens is 1. The zero-order chi connectivity index (χ0) is 11.9. The van der Waals surface area contributed by atoms with E-state index in [9.17, 15) is 0 Å². The van der Waals surface area contributed by atoms with Crippen LogP contribution in [0.5, 0.6) is 0 Å². The number of para-hydroxylation sites is 1. The summed E-state index contributed by atoms with van der Waals surface area (Å²) < 4.78 is 1.29. The second kappa shape index (κ2) is 4.23. The molecule has 2 nitrogen and oxygen atoms in total. The van der Waals surface area contributed by atoms with Gasteiger partial charge in [0, 0.05) is 6.54 Å². The molecular formula is C15H18N2S. The topological polar surface area (TPSA) is 24.9 Å². The third kappa shape index (κ3) is 1.81. The molecule has 1 aromatic carbocycles. The van der Waals surface area contributed by atoms with E-state index in [4.69, 9.17) is 0 Å². The number of hydrogen-bond donors (Lipinski definition) is 1. The summed E-state index contributed by atoms with van der Waals surface area (Å²) in [5.74, 6) is 2.94. The van der Waals surface area contributed by atoms with E-state index in [1.807, 2.05) is 0 Å². The molecule has 1 N–H and O–H groups in total. The van der Waals surface area contributed by atoms with Gasteiger partial charge in [0.2, 0.25) is 0 Å². The maximum atomic E-state index is 4.64. The fraction of sp³-hybridized carbons (Fsp3) is 0.533. The number of fused-ring (bicyclic) bond motifs is 3. The Morgan fingerprint density at radius 1 is 1.22 bits per heavy atom. The van der Waals surface area contributed by atoms with Gasteiger partial charge >= 0.3 is 0 Å². The van der Waals surface area contributed by atoms with Gasteiger partial charge in [-0.05, 0) is 49.1 Å². The summed E-state index contributed by atoms with van der Waals surface area (Å²) in [4.78, 5) is 4.64. The Hall–Kier alpha value is -1.09. The molecule has 2 aromatic rings. The number of nitrogens with zero attached hydrogens (tertiary/aromatic N) is 1. The largest absolute Gasteiger partial charge is 0.361 e. The Bertz CT molecular complexity index is 529. The molecule has 0 spiro atoms. The molecule has 94 valence electrons. The minimum absolute atomic E-state index is 0.899. The minimum atomic E-state index is 0.899. The molecule has 0 amide bonds. The van der Waals surface area contributed by atoms with Gasteiger partial charge in [0.15, 0.2) is 5.13 Å². The maximum absolute atomic E-state index is 4.64. The van der Waals surface area contributed by atoms with Crippen molar-refractivity contribution < 1.29 is 0 Å². The van der Waals surface area contributed by atoms with Crippen molar-refractivity contribution in [3.63, 3.8) is 0 Å². The molecule has 0 saturated heterocycles. The first kappa shape index (κ1) is 10.8. The number of hydrogen-bond acceptors (Lipinski definition) is 3. The molecule has 3 heteroatoms. The first-order chi connectivity index (χ1) is 8.88. The zero-order valence-corrected chi connectivity index (χ0v) is 11.2. The second-order valence-corrected chi connectivity index (χ2v) is 6.83. The highest BCUT2D eigenvalue weighted by Gasteiger charge is 2.39. The summed E-state index contributed by atoms with van der Waals surface area (Å²) in [5.41, 5.74) is 1.12. The average molecular weight is 258 g/mol. The van der Waals surface area contributed by atoms with Crippen molar-refractivity contribution in [2.24, 2.45) is 17.8 Å². The number of thiazole rings is 1. The Labute approximate surface area is 111 Å². The smallest absolute Gasteiger partial charge is 0.183 e. The number of rotatable bonds is 3. The molecule has 18 heavy (non-hydrogen) atoms. The maximum Gasteiger partial charge on any atom is 0.183 e. The summed E-state index contributed by atoms with van der Waals surface area (Å²) in [6, 6.07) is 8.38. The van der Waals surface area contributed by atoms with Crippen LogP contribution in [0.3, 0.4) is 0 Å². The van der Waals surface area contributed by atoms with Crippen LogP contribution in [0.15, 0.2) is 24.3 Å². The quantitative estimate of drug-likeness (QED) is 0.894. The highest BCUT2D eigenvalue weighted by molar-refractivity contribution is 7.22. The zero-order valence-electron chi connectivity index (χ0n) is 10.4. The molecule has 3 atom stereocenters. The summed E-state index contributed by atoms with van der Waals surface area (Å²) in [6.07, 6.45) is 5.90. The average Bonchev–Trinajstić information content (AvgIpc) is 3.10. The Balaban J connectivity index is 1.45. The predicted octanol–water partition coefficient (Wildman–Crippen LogP) is 4.14. The molecule has 2 aliphatic carbocycles. The van der Waals surface area contributed by atoms with Crippen LogP contribution in [0.2, 0.25) is 0 Å². The minimum Gasteiger partial charge on any atom is -0.361 e. The first-order valence-electron chi connectivity index (χ1n) is 6.98. The monoisotopic (exact) mass is 258 g/mol. The fourth-order valence-corrected chi connectivity index (χ4v) is 4.67. The van der Waals surface area contributed by atoms with Crippen LogP contribution in [0.4, 0.5) is 5.13 Å². The van der Waals surface area contributed by atoms with E-state index >= 15 is 0 Å². The standard InChI is InChI=1S/C15H18N2S/c1-2-4-14-13(3-1)17-15(18-14)16-9-12-8-10-5-6-11(12)7-10/h1-4,10-12H,5-9H2,(H,16,17). The van der Waals surface area contributed by atoms with Gasteiger partial charge in [-0.3, -0.25) is 0 Å². The van der Waals surface area contributed by atoms with Crippen LogP contribution in [0, 0.1) is 17.8 Å².